The highest BCUT2D eigenvalue weighted by atomic mass is 79.9. The molecule has 8 heteroatoms. The lowest BCUT2D eigenvalue weighted by atomic mass is 9.89. The first-order chi connectivity index (χ1) is 9.79. The monoisotopic (exact) mass is 385 g/mol. The first kappa shape index (κ1) is 16.8. The minimum Gasteiger partial charge on any atom is -0.211 e. The van der Waals surface area contributed by atoms with E-state index in [4.69, 9.17) is 0 Å². The smallest absolute Gasteiger partial charge is 0.211 e. The molecule has 0 amide bonds. The minimum absolute atomic E-state index is 0.112. The number of alkyl halides is 1. The van der Waals surface area contributed by atoms with E-state index in [0.29, 0.717) is 17.0 Å². The summed E-state index contributed by atoms with van der Waals surface area (Å²) in [7, 11) is -4.34. The molecule has 118 valence electrons. The van der Waals surface area contributed by atoms with Crippen molar-refractivity contribution in [3.8, 4) is 0 Å². The summed E-state index contributed by atoms with van der Waals surface area (Å²) in [5.74, 6) is -3.90. The summed E-state index contributed by atoms with van der Waals surface area (Å²) < 4.78 is 66.1. The van der Waals surface area contributed by atoms with Crippen molar-refractivity contribution in [1.29, 1.82) is 0 Å². The Morgan fingerprint density at radius 3 is 2.38 bits per heavy atom. The molecular weight excluding hydrogens is 371 g/mol. The molecule has 0 radical (unpaired) electrons. The molecule has 0 spiro atoms. The van der Waals surface area contributed by atoms with Crippen LogP contribution in [0.2, 0.25) is 0 Å². The lowest BCUT2D eigenvalue weighted by Gasteiger charge is -2.25. The molecule has 1 aliphatic carbocycles. The van der Waals surface area contributed by atoms with E-state index in [1.54, 1.807) is 0 Å². The lowest BCUT2D eigenvalue weighted by Crippen LogP contribution is -2.33. The number of sulfonamides is 1. The van der Waals surface area contributed by atoms with E-state index in [0.717, 1.165) is 25.7 Å². The van der Waals surface area contributed by atoms with Crippen molar-refractivity contribution in [3.05, 3.63) is 29.6 Å². The Hall–Kier alpha value is -0.600. The second-order valence-electron chi connectivity index (χ2n) is 5.18. The van der Waals surface area contributed by atoms with Gasteiger partial charge in [-0.15, -0.1) is 0 Å². The Morgan fingerprint density at radius 1 is 1.19 bits per heavy atom. The van der Waals surface area contributed by atoms with Gasteiger partial charge >= 0.3 is 0 Å². The summed E-state index contributed by atoms with van der Waals surface area (Å²) in [6.07, 6.45) is 3.67. The lowest BCUT2D eigenvalue weighted by molar-refractivity contribution is 0.367. The number of hydrogen-bond acceptors (Lipinski definition) is 2. The third-order valence-electron chi connectivity index (χ3n) is 3.51. The molecule has 0 heterocycles. The number of benzene rings is 1. The molecule has 2 unspecified atom stereocenters. The van der Waals surface area contributed by atoms with Crippen molar-refractivity contribution in [2.75, 3.05) is 6.54 Å². The van der Waals surface area contributed by atoms with Crippen molar-refractivity contribution < 1.29 is 21.6 Å². The maximum atomic E-state index is 13.5. The summed E-state index contributed by atoms with van der Waals surface area (Å²) in [6.45, 7) is 0.112. The van der Waals surface area contributed by atoms with Gasteiger partial charge in [0, 0.05) is 23.5 Å². The zero-order valence-corrected chi connectivity index (χ0v) is 13.5. The number of hydrogen-bond donors (Lipinski definition) is 1. The Morgan fingerprint density at radius 2 is 1.81 bits per heavy atom. The first-order valence-corrected chi connectivity index (χ1v) is 8.98. The molecule has 0 bridgehead atoms. The molecule has 1 N–H and O–H groups in total. The first-order valence-electron chi connectivity index (χ1n) is 6.58. The Bertz CT molecular complexity index is 601. The van der Waals surface area contributed by atoms with Gasteiger partial charge in [-0.25, -0.2) is 26.3 Å². The quantitative estimate of drug-likeness (QED) is 0.807. The highest BCUT2D eigenvalue weighted by Crippen LogP contribution is 2.29. The van der Waals surface area contributed by atoms with Crippen LogP contribution >= 0.6 is 15.9 Å². The summed E-state index contributed by atoms with van der Waals surface area (Å²) in [5, 5.41) is 0. The van der Waals surface area contributed by atoms with Gasteiger partial charge in [0.15, 0.2) is 4.90 Å². The van der Waals surface area contributed by atoms with Crippen LogP contribution in [-0.4, -0.2) is 19.8 Å². The van der Waals surface area contributed by atoms with E-state index in [1.807, 2.05) is 0 Å². The molecule has 21 heavy (non-hydrogen) atoms. The highest BCUT2D eigenvalue weighted by molar-refractivity contribution is 9.09. The van der Waals surface area contributed by atoms with E-state index in [1.165, 1.54) is 0 Å². The predicted octanol–water partition coefficient (Wildman–Crippen LogP) is 3.34. The molecule has 0 aromatic heterocycles. The second-order valence-corrected chi connectivity index (χ2v) is 8.18. The fourth-order valence-electron chi connectivity index (χ4n) is 2.50. The molecule has 0 saturated heterocycles. The fraction of sp³-hybridized carbons (Fsp3) is 0.538. The van der Waals surface area contributed by atoms with Crippen LogP contribution in [0.5, 0.6) is 0 Å². The third kappa shape index (κ3) is 4.20. The second kappa shape index (κ2) is 6.66. The van der Waals surface area contributed by atoms with Gasteiger partial charge in [-0.05, 0) is 25.2 Å². The zero-order chi connectivity index (χ0) is 15.6. The van der Waals surface area contributed by atoms with Crippen LogP contribution in [0.4, 0.5) is 13.2 Å². The van der Waals surface area contributed by atoms with Gasteiger partial charge in [-0.1, -0.05) is 22.4 Å². The number of nitrogens with one attached hydrogen (secondary N) is 1. The average molecular weight is 386 g/mol. The van der Waals surface area contributed by atoms with Gasteiger partial charge in [0.25, 0.3) is 0 Å². The molecule has 1 saturated carbocycles. The standard InChI is InChI=1S/C13H15BrF3NO2S/c14-9-3-1-2-8(4-9)7-18-21(19,20)13-11(16)5-10(15)6-12(13)17/h5-6,8-9,18H,1-4,7H2. The van der Waals surface area contributed by atoms with Crippen LogP contribution in [0.15, 0.2) is 17.0 Å². The van der Waals surface area contributed by atoms with Crippen molar-refractivity contribution in [1.82, 2.24) is 4.72 Å². The van der Waals surface area contributed by atoms with E-state index < -0.39 is 32.4 Å². The van der Waals surface area contributed by atoms with Gasteiger partial charge in [-0.2, -0.15) is 0 Å². The van der Waals surface area contributed by atoms with E-state index in [-0.39, 0.29) is 12.5 Å². The topological polar surface area (TPSA) is 46.2 Å². The SMILES string of the molecule is O=S(=O)(NCC1CCCC(Br)C1)c1c(F)cc(F)cc1F. The fourth-order valence-corrected chi connectivity index (χ4v) is 4.58. The molecule has 0 aliphatic heterocycles. The van der Waals surface area contributed by atoms with Gasteiger partial charge < -0.3 is 0 Å². The summed E-state index contributed by atoms with van der Waals surface area (Å²) in [4.78, 5) is -0.796. The van der Waals surface area contributed by atoms with Gasteiger partial charge in [0.2, 0.25) is 10.0 Å². The van der Waals surface area contributed by atoms with Gasteiger partial charge in [0.05, 0.1) is 0 Å². The molecule has 3 nitrogen and oxygen atoms in total. The number of halogens is 4. The summed E-state index contributed by atoms with van der Waals surface area (Å²) >= 11 is 3.49. The highest BCUT2D eigenvalue weighted by Gasteiger charge is 2.27. The zero-order valence-electron chi connectivity index (χ0n) is 11.1. The van der Waals surface area contributed by atoms with Crippen LogP contribution < -0.4 is 4.72 Å². The van der Waals surface area contributed by atoms with Crippen molar-refractivity contribution in [2.24, 2.45) is 5.92 Å². The van der Waals surface area contributed by atoms with Crippen LogP contribution in [-0.2, 0) is 10.0 Å². The Balaban J connectivity index is 2.12. The molecule has 1 fully saturated rings. The molecule has 1 aromatic rings. The third-order valence-corrected chi connectivity index (χ3v) is 5.82. The van der Waals surface area contributed by atoms with E-state index in [2.05, 4.69) is 20.7 Å². The van der Waals surface area contributed by atoms with Crippen molar-refractivity contribution >= 4 is 26.0 Å². The van der Waals surface area contributed by atoms with Crippen LogP contribution in [0, 0.1) is 23.4 Å². The molecule has 1 aromatic carbocycles. The van der Waals surface area contributed by atoms with Crippen molar-refractivity contribution in [3.63, 3.8) is 0 Å². The average Bonchev–Trinajstić information content (AvgIpc) is 2.35. The maximum absolute atomic E-state index is 13.5. The van der Waals surface area contributed by atoms with Crippen LogP contribution in [0.1, 0.15) is 25.7 Å². The van der Waals surface area contributed by atoms with Crippen LogP contribution in [0.3, 0.4) is 0 Å². The minimum atomic E-state index is -4.34. The van der Waals surface area contributed by atoms with E-state index in [9.17, 15) is 21.6 Å². The predicted molar refractivity (Wildman–Crippen MR) is 76.2 cm³/mol. The summed E-state index contributed by atoms with van der Waals surface area (Å²) in [6, 6.07) is 0.708. The van der Waals surface area contributed by atoms with Crippen molar-refractivity contribution in [2.45, 2.75) is 35.4 Å². The molecular formula is C13H15BrF3NO2S. The van der Waals surface area contributed by atoms with Crippen LogP contribution in [0.25, 0.3) is 0 Å². The summed E-state index contributed by atoms with van der Waals surface area (Å²) in [5.41, 5.74) is 0. The molecule has 2 rings (SSSR count). The van der Waals surface area contributed by atoms with Gasteiger partial charge in [-0.3, -0.25) is 0 Å². The number of rotatable bonds is 4. The molecule has 1 aliphatic rings. The maximum Gasteiger partial charge on any atom is 0.246 e. The Kier molecular flexibility index (Phi) is 5.32. The van der Waals surface area contributed by atoms with Gasteiger partial charge in [0.1, 0.15) is 17.5 Å². The normalized spacial score (nSPS) is 23.2. The van der Waals surface area contributed by atoms with E-state index >= 15 is 0 Å². The largest absolute Gasteiger partial charge is 0.246 e. The Labute approximate surface area is 130 Å². The molecule has 2 atom stereocenters.